The molecule has 0 radical (unpaired) electrons. The summed E-state index contributed by atoms with van der Waals surface area (Å²) in [5, 5.41) is 5.39. The average molecular weight is 303 g/mol. The topological polar surface area (TPSA) is 46.0 Å². The van der Waals surface area contributed by atoms with Crippen LogP contribution in [-0.4, -0.2) is 35.9 Å². The highest BCUT2D eigenvalue weighted by molar-refractivity contribution is 8.14. The number of nitrogens with one attached hydrogen (secondary N) is 1. The fraction of sp³-hybridized carbons (Fsp3) is 0.500. The lowest BCUT2D eigenvalue weighted by Gasteiger charge is -2.17. The van der Waals surface area contributed by atoms with Crippen LogP contribution < -0.4 is 5.43 Å². The van der Waals surface area contributed by atoms with Gasteiger partial charge in [0.05, 0.1) is 18.4 Å². The summed E-state index contributed by atoms with van der Waals surface area (Å²) in [5.41, 5.74) is 7.95. The predicted molar refractivity (Wildman–Crippen MR) is 89.3 cm³/mol. The minimum Gasteiger partial charge on any atom is -0.376 e. The second kappa shape index (κ2) is 6.62. The number of hydrazone groups is 1. The van der Waals surface area contributed by atoms with E-state index in [-0.39, 0.29) is 0 Å². The smallest absolute Gasteiger partial charge is 0.177 e. The van der Waals surface area contributed by atoms with Crippen molar-refractivity contribution in [3.05, 3.63) is 34.9 Å². The van der Waals surface area contributed by atoms with Crippen molar-refractivity contribution >= 4 is 22.6 Å². The van der Waals surface area contributed by atoms with Gasteiger partial charge in [0.15, 0.2) is 5.17 Å². The molecule has 0 aliphatic carbocycles. The molecule has 112 valence electrons. The number of nitrogens with zero attached hydrogens (tertiary/aromatic N) is 2. The number of amidine groups is 1. The molecule has 0 unspecified atom stereocenters. The Morgan fingerprint density at radius 1 is 1.43 bits per heavy atom. The van der Waals surface area contributed by atoms with Gasteiger partial charge in [0, 0.05) is 17.9 Å². The molecule has 0 aromatic heterocycles. The summed E-state index contributed by atoms with van der Waals surface area (Å²) in [7, 11) is 0. The van der Waals surface area contributed by atoms with Gasteiger partial charge in [0.2, 0.25) is 0 Å². The molecule has 21 heavy (non-hydrogen) atoms. The average Bonchev–Trinajstić information content (AvgIpc) is 2.99. The van der Waals surface area contributed by atoms with Crippen LogP contribution >= 0.6 is 11.8 Å². The summed E-state index contributed by atoms with van der Waals surface area (Å²) in [6.07, 6.45) is 2.58. The van der Waals surface area contributed by atoms with E-state index in [1.54, 1.807) is 11.8 Å². The van der Waals surface area contributed by atoms with Gasteiger partial charge in [-0.05, 0) is 32.3 Å². The van der Waals surface area contributed by atoms with E-state index in [0.717, 1.165) is 42.6 Å². The third-order valence-corrected chi connectivity index (χ3v) is 4.70. The minimum atomic E-state index is 0.296. The van der Waals surface area contributed by atoms with Crippen molar-refractivity contribution in [2.75, 3.05) is 18.9 Å². The Bertz CT molecular complexity index is 577. The van der Waals surface area contributed by atoms with E-state index < -0.39 is 0 Å². The maximum absolute atomic E-state index is 5.58. The third-order valence-electron chi connectivity index (χ3n) is 3.79. The van der Waals surface area contributed by atoms with Gasteiger partial charge in [0.25, 0.3) is 0 Å². The monoisotopic (exact) mass is 303 g/mol. The molecule has 1 aromatic rings. The molecule has 0 bridgehead atoms. The van der Waals surface area contributed by atoms with E-state index in [0.29, 0.717) is 6.10 Å². The summed E-state index contributed by atoms with van der Waals surface area (Å²) in [4.78, 5) is 4.57. The van der Waals surface area contributed by atoms with Crippen molar-refractivity contribution < 1.29 is 4.74 Å². The number of aliphatic imine (C=N–C) groups is 1. The molecular formula is C16H21N3OS. The molecule has 0 amide bonds. The first-order chi connectivity index (χ1) is 10.2. The lowest BCUT2D eigenvalue weighted by atomic mass is 10.0. The van der Waals surface area contributed by atoms with E-state index in [1.807, 2.05) is 0 Å². The molecular weight excluding hydrogens is 282 g/mol. The van der Waals surface area contributed by atoms with Crippen molar-refractivity contribution in [1.29, 1.82) is 0 Å². The molecule has 0 spiro atoms. The second-order valence-corrected chi connectivity index (χ2v) is 6.52. The number of hydrogen-bond donors (Lipinski definition) is 1. The van der Waals surface area contributed by atoms with Crippen LogP contribution in [0.4, 0.5) is 0 Å². The zero-order valence-electron chi connectivity index (χ0n) is 12.6. The molecule has 3 rings (SSSR count). The summed E-state index contributed by atoms with van der Waals surface area (Å²) in [6.45, 7) is 5.87. The van der Waals surface area contributed by atoms with E-state index in [4.69, 9.17) is 4.74 Å². The standard InChI is InChI=1S/C16H21N3OS/c1-11-5-6-14(12(2)8-11)15-10-21-16(19-18-15)17-9-13-4-3-7-20-13/h5-6,8,13H,3-4,7,9-10H2,1-2H3,(H,17,19)/t13-/m1/s1. The minimum absolute atomic E-state index is 0.296. The molecule has 1 atom stereocenters. The Hall–Kier alpha value is -1.33. The number of thioether (sulfide) groups is 1. The lowest BCUT2D eigenvalue weighted by Crippen LogP contribution is -2.27. The summed E-state index contributed by atoms with van der Waals surface area (Å²) in [6, 6.07) is 6.49. The Kier molecular flexibility index (Phi) is 4.60. The normalized spacial score (nSPS) is 24.0. The number of ether oxygens (including phenoxy) is 1. The Morgan fingerprint density at radius 2 is 2.33 bits per heavy atom. The van der Waals surface area contributed by atoms with Crippen molar-refractivity contribution in [3.8, 4) is 0 Å². The quantitative estimate of drug-likeness (QED) is 0.934. The first-order valence-electron chi connectivity index (χ1n) is 7.41. The van der Waals surface area contributed by atoms with E-state index >= 15 is 0 Å². The fourth-order valence-electron chi connectivity index (χ4n) is 2.65. The SMILES string of the molecule is Cc1ccc(C2=NNC(=NC[C@H]3CCCO3)SC2)c(C)c1. The van der Waals surface area contributed by atoms with Crippen LogP contribution in [0, 0.1) is 13.8 Å². The molecule has 1 saturated heterocycles. The Morgan fingerprint density at radius 3 is 3.00 bits per heavy atom. The first kappa shape index (κ1) is 14.6. The number of hydrogen-bond acceptors (Lipinski definition) is 4. The van der Waals surface area contributed by atoms with Crippen LogP contribution in [0.25, 0.3) is 0 Å². The zero-order chi connectivity index (χ0) is 14.7. The van der Waals surface area contributed by atoms with Gasteiger partial charge in [-0.1, -0.05) is 35.5 Å². The van der Waals surface area contributed by atoms with E-state index in [2.05, 4.69) is 47.6 Å². The highest BCUT2D eigenvalue weighted by atomic mass is 32.2. The maximum Gasteiger partial charge on any atom is 0.177 e. The van der Waals surface area contributed by atoms with Crippen molar-refractivity contribution in [2.45, 2.75) is 32.8 Å². The molecule has 0 saturated carbocycles. The van der Waals surface area contributed by atoms with Crippen LogP contribution in [0.15, 0.2) is 28.3 Å². The van der Waals surface area contributed by atoms with Crippen molar-refractivity contribution in [1.82, 2.24) is 5.43 Å². The zero-order valence-corrected chi connectivity index (χ0v) is 13.4. The fourth-order valence-corrected chi connectivity index (χ4v) is 3.42. The molecule has 1 aromatic carbocycles. The van der Waals surface area contributed by atoms with Crippen molar-refractivity contribution in [2.24, 2.45) is 10.1 Å². The Balaban J connectivity index is 1.64. The molecule has 1 N–H and O–H groups in total. The molecule has 2 heterocycles. The van der Waals surface area contributed by atoms with Gasteiger partial charge < -0.3 is 4.74 Å². The second-order valence-electron chi connectivity index (χ2n) is 5.56. The van der Waals surface area contributed by atoms with Gasteiger partial charge in [-0.2, -0.15) is 5.10 Å². The largest absolute Gasteiger partial charge is 0.376 e. The first-order valence-corrected chi connectivity index (χ1v) is 8.40. The molecule has 1 fully saturated rings. The number of aryl methyl sites for hydroxylation is 2. The van der Waals surface area contributed by atoms with Crippen molar-refractivity contribution in [3.63, 3.8) is 0 Å². The molecule has 4 nitrogen and oxygen atoms in total. The number of rotatable bonds is 3. The van der Waals surface area contributed by atoms with Crippen LogP contribution in [-0.2, 0) is 4.74 Å². The third kappa shape index (κ3) is 3.66. The highest BCUT2D eigenvalue weighted by Crippen LogP contribution is 2.18. The van der Waals surface area contributed by atoms with Gasteiger partial charge in [-0.15, -0.1) is 0 Å². The van der Waals surface area contributed by atoms with Gasteiger partial charge >= 0.3 is 0 Å². The van der Waals surface area contributed by atoms with Gasteiger partial charge in [-0.3, -0.25) is 10.4 Å². The van der Waals surface area contributed by atoms with E-state index in [9.17, 15) is 0 Å². The predicted octanol–water partition coefficient (Wildman–Crippen LogP) is 2.88. The summed E-state index contributed by atoms with van der Waals surface area (Å²) >= 11 is 1.71. The van der Waals surface area contributed by atoms with Crippen LogP contribution in [0.3, 0.4) is 0 Å². The lowest BCUT2D eigenvalue weighted by molar-refractivity contribution is 0.118. The van der Waals surface area contributed by atoms with Gasteiger partial charge in [0.1, 0.15) is 0 Å². The molecule has 2 aliphatic heterocycles. The van der Waals surface area contributed by atoms with E-state index in [1.165, 1.54) is 16.7 Å². The van der Waals surface area contributed by atoms with Crippen LogP contribution in [0.1, 0.15) is 29.5 Å². The number of benzene rings is 1. The van der Waals surface area contributed by atoms with Gasteiger partial charge in [-0.25, -0.2) is 0 Å². The van der Waals surface area contributed by atoms with Crippen LogP contribution in [0.5, 0.6) is 0 Å². The molecule has 2 aliphatic rings. The summed E-state index contributed by atoms with van der Waals surface area (Å²) < 4.78 is 5.58. The van der Waals surface area contributed by atoms with Crippen LogP contribution in [0.2, 0.25) is 0 Å². The maximum atomic E-state index is 5.58. The summed E-state index contributed by atoms with van der Waals surface area (Å²) in [5.74, 6) is 0.862. The highest BCUT2D eigenvalue weighted by Gasteiger charge is 2.17. The molecule has 5 heteroatoms. The Labute approximate surface area is 130 Å².